The van der Waals surface area contributed by atoms with Crippen molar-refractivity contribution in [1.82, 2.24) is 9.78 Å². The summed E-state index contributed by atoms with van der Waals surface area (Å²) in [7, 11) is 3.31. The number of benzene rings is 2. The summed E-state index contributed by atoms with van der Waals surface area (Å²) >= 11 is 0. The van der Waals surface area contributed by atoms with Crippen LogP contribution in [0.15, 0.2) is 42.5 Å². The second-order valence-electron chi connectivity index (χ2n) is 6.88. The molecule has 1 aromatic heterocycles. The number of hydrogen-bond acceptors (Lipinski definition) is 4. The predicted octanol–water partition coefficient (Wildman–Crippen LogP) is 4.61. The fraction of sp³-hybridized carbons (Fsp3) is 0.318. The first-order valence-electron chi connectivity index (χ1n) is 9.36. The van der Waals surface area contributed by atoms with Gasteiger partial charge in [0.2, 0.25) is 0 Å². The minimum absolute atomic E-state index is 0.718. The van der Waals surface area contributed by atoms with Crippen molar-refractivity contribution >= 4 is 5.82 Å². The van der Waals surface area contributed by atoms with Crippen LogP contribution in [0.4, 0.5) is 5.82 Å². The fourth-order valence-corrected chi connectivity index (χ4v) is 3.59. The van der Waals surface area contributed by atoms with E-state index in [0.29, 0.717) is 0 Å². The van der Waals surface area contributed by atoms with Gasteiger partial charge in [-0.2, -0.15) is 5.10 Å². The number of fused-ring (bicyclic) bond motifs is 1. The topological polar surface area (TPSA) is 48.3 Å². The van der Waals surface area contributed by atoms with Gasteiger partial charge in [-0.25, -0.2) is 4.68 Å². The van der Waals surface area contributed by atoms with Gasteiger partial charge in [0.15, 0.2) is 11.5 Å². The summed E-state index contributed by atoms with van der Waals surface area (Å²) in [4.78, 5) is 0. The molecule has 4 rings (SSSR count). The summed E-state index contributed by atoms with van der Waals surface area (Å²) in [6.07, 6.45) is 3.33. The molecular formula is C22H25N3O2. The van der Waals surface area contributed by atoms with Crippen molar-refractivity contribution in [1.29, 1.82) is 0 Å². The van der Waals surface area contributed by atoms with E-state index < -0.39 is 0 Å². The smallest absolute Gasteiger partial charge is 0.161 e. The van der Waals surface area contributed by atoms with Crippen LogP contribution in [0.3, 0.4) is 0 Å². The van der Waals surface area contributed by atoms with Gasteiger partial charge in [0, 0.05) is 17.7 Å². The first-order valence-corrected chi connectivity index (χ1v) is 9.36. The number of ether oxygens (including phenoxy) is 2. The van der Waals surface area contributed by atoms with Crippen LogP contribution in [-0.4, -0.2) is 30.5 Å². The second-order valence-corrected chi connectivity index (χ2v) is 6.88. The lowest BCUT2D eigenvalue weighted by Crippen LogP contribution is -2.07. The summed E-state index contributed by atoms with van der Waals surface area (Å²) in [5.74, 6) is 2.54. The van der Waals surface area contributed by atoms with Gasteiger partial charge in [0.05, 0.1) is 25.6 Å². The van der Waals surface area contributed by atoms with Gasteiger partial charge < -0.3 is 14.8 Å². The normalized spacial score (nSPS) is 13.4. The van der Waals surface area contributed by atoms with Crippen molar-refractivity contribution in [2.75, 3.05) is 26.1 Å². The lowest BCUT2D eigenvalue weighted by Gasteiger charge is -2.09. The number of nitrogens with one attached hydrogen (secondary N) is 1. The third-order valence-corrected chi connectivity index (χ3v) is 5.07. The average molecular weight is 363 g/mol. The van der Waals surface area contributed by atoms with Gasteiger partial charge >= 0.3 is 0 Å². The molecule has 0 radical (unpaired) electrons. The maximum atomic E-state index is 5.50. The number of anilines is 1. The number of hydrogen-bond donors (Lipinski definition) is 1. The van der Waals surface area contributed by atoms with Gasteiger partial charge in [-0.1, -0.05) is 17.7 Å². The molecule has 0 fully saturated rings. The van der Waals surface area contributed by atoms with Crippen molar-refractivity contribution in [2.24, 2.45) is 0 Å². The Bertz CT molecular complexity index is 945. The lowest BCUT2D eigenvalue weighted by atomic mass is 10.0. The predicted molar refractivity (Wildman–Crippen MR) is 108 cm³/mol. The second kappa shape index (κ2) is 7.35. The summed E-state index contributed by atoms with van der Waals surface area (Å²) < 4.78 is 12.9. The summed E-state index contributed by atoms with van der Waals surface area (Å²) in [5.41, 5.74) is 5.61. The zero-order valence-corrected chi connectivity index (χ0v) is 16.1. The molecule has 0 amide bonds. The SMILES string of the molecule is COc1ccc(-c2nn(-c3ccc(C)cc3)c3c2CCCCN3)cc1OC. The molecule has 1 N–H and O–H groups in total. The van der Waals surface area contributed by atoms with Gasteiger partial charge in [0.1, 0.15) is 5.82 Å². The number of nitrogens with zero attached hydrogens (tertiary/aromatic N) is 2. The Labute approximate surface area is 159 Å². The Hall–Kier alpha value is -2.95. The maximum Gasteiger partial charge on any atom is 0.161 e. The number of aromatic nitrogens is 2. The van der Waals surface area contributed by atoms with Crippen LogP contribution >= 0.6 is 0 Å². The quantitative estimate of drug-likeness (QED) is 0.735. The van der Waals surface area contributed by atoms with Gasteiger partial charge in [-0.05, 0) is 56.5 Å². The first kappa shape index (κ1) is 17.5. The van der Waals surface area contributed by atoms with E-state index in [9.17, 15) is 0 Å². The van der Waals surface area contributed by atoms with E-state index in [1.54, 1.807) is 14.2 Å². The molecule has 3 aromatic rings. The maximum absolute atomic E-state index is 5.50. The van der Waals surface area contributed by atoms with Crippen LogP contribution < -0.4 is 14.8 Å². The van der Waals surface area contributed by atoms with Crippen molar-refractivity contribution in [3.05, 3.63) is 53.6 Å². The fourth-order valence-electron chi connectivity index (χ4n) is 3.59. The molecular weight excluding hydrogens is 338 g/mol. The molecule has 1 aliphatic rings. The standard InChI is InChI=1S/C22H25N3O2/c1-15-7-10-17(11-8-15)25-22-18(6-4-5-13-23-22)21(24-25)16-9-12-19(26-2)20(14-16)27-3/h7-12,14,23H,4-6,13H2,1-3H3. The van der Waals surface area contributed by atoms with Crippen molar-refractivity contribution in [3.63, 3.8) is 0 Å². The van der Waals surface area contributed by atoms with Gasteiger partial charge in [-0.15, -0.1) is 0 Å². The molecule has 2 aromatic carbocycles. The van der Waals surface area contributed by atoms with E-state index in [1.807, 2.05) is 22.9 Å². The van der Waals surface area contributed by atoms with Crippen molar-refractivity contribution < 1.29 is 9.47 Å². The minimum atomic E-state index is 0.718. The molecule has 0 bridgehead atoms. The van der Waals surface area contributed by atoms with Gasteiger partial charge in [-0.3, -0.25) is 0 Å². The summed E-state index contributed by atoms with van der Waals surface area (Å²) in [6, 6.07) is 14.5. The largest absolute Gasteiger partial charge is 0.493 e. The van der Waals surface area contributed by atoms with E-state index in [2.05, 4.69) is 36.5 Å². The molecule has 5 heteroatoms. The minimum Gasteiger partial charge on any atom is -0.493 e. The number of methoxy groups -OCH3 is 2. The molecule has 0 unspecified atom stereocenters. The van der Waals surface area contributed by atoms with Crippen molar-refractivity contribution in [3.8, 4) is 28.4 Å². The van der Waals surface area contributed by atoms with Gasteiger partial charge in [0.25, 0.3) is 0 Å². The molecule has 0 atom stereocenters. The Morgan fingerprint density at radius 2 is 1.74 bits per heavy atom. The molecule has 2 heterocycles. The van der Waals surface area contributed by atoms with E-state index in [0.717, 1.165) is 60.1 Å². The van der Waals surface area contributed by atoms with Crippen LogP contribution in [0.5, 0.6) is 11.5 Å². The molecule has 1 aliphatic heterocycles. The molecule has 27 heavy (non-hydrogen) atoms. The molecule has 0 saturated heterocycles. The van der Waals surface area contributed by atoms with Crippen LogP contribution in [0, 0.1) is 6.92 Å². The Kier molecular flexibility index (Phi) is 4.75. The average Bonchev–Trinajstić information content (AvgIpc) is 2.89. The molecule has 0 spiro atoms. The highest BCUT2D eigenvalue weighted by Gasteiger charge is 2.22. The Morgan fingerprint density at radius 3 is 2.48 bits per heavy atom. The third-order valence-electron chi connectivity index (χ3n) is 5.07. The van der Waals surface area contributed by atoms with Crippen LogP contribution in [0.25, 0.3) is 16.9 Å². The highest BCUT2D eigenvalue weighted by molar-refractivity contribution is 5.73. The summed E-state index contributed by atoms with van der Waals surface area (Å²) in [6.45, 7) is 3.07. The molecule has 5 nitrogen and oxygen atoms in total. The number of rotatable bonds is 4. The molecule has 0 aliphatic carbocycles. The van der Waals surface area contributed by atoms with E-state index in [1.165, 1.54) is 11.1 Å². The van der Waals surface area contributed by atoms with Crippen LogP contribution in [-0.2, 0) is 6.42 Å². The number of aryl methyl sites for hydroxylation is 1. The van der Waals surface area contributed by atoms with Crippen LogP contribution in [0.1, 0.15) is 24.0 Å². The van der Waals surface area contributed by atoms with E-state index in [-0.39, 0.29) is 0 Å². The lowest BCUT2D eigenvalue weighted by molar-refractivity contribution is 0.355. The first-order chi connectivity index (χ1) is 13.2. The highest BCUT2D eigenvalue weighted by Crippen LogP contribution is 2.37. The molecule has 140 valence electrons. The highest BCUT2D eigenvalue weighted by atomic mass is 16.5. The third kappa shape index (κ3) is 3.25. The zero-order chi connectivity index (χ0) is 18.8. The van der Waals surface area contributed by atoms with Crippen molar-refractivity contribution in [2.45, 2.75) is 26.2 Å². The monoisotopic (exact) mass is 363 g/mol. The zero-order valence-electron chi connectivity index (χ0n) is 16.1. The summed E-state index contributed by atoms with van der Waals surface area (Å²) in [5, 5.41) is 8.58. The van der Waals surface area contributed by atoms with Crippen LogP contribution in [0.2, 0.25) is 0 Å². The Balaban J connectivity index is 1.87. The Morgan fingerprint density at radius 1 is 0.963 bits per heavy atom. The molecule has 0 saturated carbocycles. The van der Waals surface area contributed by atoms with E-state index in [4.69, 9.17) is 14.6 Å². The van der Waals surface area contributed by atoms with E-state index >= 15 is 0 Å².